The van der Waals surface area contributed by atoms with Crippen molar-refractivity contribution < 1.29 is 4.74 Å². The van der Waals surface area contributed by atoms with E-state index in [1.165, 1.54) is 28.1 Å². The average molecular weight is 144 g/mol. The quantitative estimate of drug-likeness (QED) is 0.419. The second-order valence-electron chi connectivity index (χ2n) is 2.11. The molecule has 46 valence electrons. The molecule has 1 rings (SSSR count). The van der Waals surface area contributed by atoms with Crippen molar-refractivity contribution in [1.29, 1.82) is 0 Å². The van der Waals surface area contributed by atoms with Gasteiger partial charge in [-0.3, -0.25) is 0 Å². The summed E-state index contributed by atoms with van der Waals surface area (Å²) < 4.78 is 5.32. The second kappa shape index (κ2) is 2.50. The van der Waals surface area contributed by atoms with Crippen LogP contribution in [0.5, 0.6) is 0 Å². The van der Waals surface area contributed by atoms with Gasteiger partial charge in [-0.2, -0.15) is 0 Å². The molecule has 0 aromatic heterocycles. The van der Waals surface area contributed by atoms with Crippen LogP contribution in [-0.2, 0) is 4.74 Å². The molecule has 0 aromatic carbocycles. The predicted octanol–water partition coefficient (Wildman–Crippen LogP) is -1.23. The Kier molecular flexibility index (Phi) is 1.91. The number of rotatable bonds is 1. The van der Waals surface area contributed by atoms with Crippen LogP contribution in [0.4, 0.5) is 0 Å². The van der Waals surface area contributed by atoms with Gasteiger partial charge < -0.3 is 4.74 Å². The van der Waals surface area contributed by atoms with Crippen molar-refractivity contribution >= 4 is 20.5 Å². The van der Waals surface area contributed by atoms with E-state index in [0.717, 1.165) is 16.8 Å². The molecule has 0 spiro atoms. The Balaban J connectivity index is 2.58. The highest BCUT2D eigenvalue weighted by molar-refractivity contribution is 6.22. The topological polar surface area (TPSA) is 9.23 Å². The van der Waals surface area contributed by atoms with Crippen LogP contribution in [0.15, 0.2) is 11.0 Å². The minimum atomic E-state index is 0.969. The first-order valence-corrected chi connectivity index (χ1v) is 5.57. The lowest BCUT2D eigenvalue weighted by Gasteiger charge is -1.94. The van der Waals surface area contributed by atoms with Crippen LogP contribution in [0.1, 0.15) is 6.42 Å². The van der Waals surface area contributed by atoms with Gasteiger partial charge in [0.2, 0.25) is 0 Å². The summed E-state index contributed by atoms with van der Waals surface area (Å²) in [6.45, 7) is 0.969. The van der Waals surface area contributed by atoms with Gasteiger partial charge in [0.1, 0.15) is 0 Å². The van der Waals surface area contributed by atoms with Crippen LogP contribution in [0, 0.1) is 0 Å². The van der Waals surface area contributed by atoms with E-state index in [1.54, 1.807) is 5.57 Å². The molecule has 8 heavy (non-hydrogen) atoms. The minimum Gasteiger partial charge on any atom is -0.504 e. The van der Waals surface area contributed by atoms with Crippen molar-refractivity contribution in [2.24, 2.45) is 0 Å². The van der Waals surface area contributed by atoms with Gasteiger partial charge >= 0.3 is 0 Å². The smallest absolute Gasteiger partial charge is 0.0908 e. The molecule has 0 fully saturated rings. The van der Waals surface area contributed by atoms with E-state index in [2.05, 4.69) is 0 Å². The van der Waals surface area contributed by atoms with Crippen LogP contribution >= 0.6 is 0 Å². The second-order valence-corrected chi connectivity index (χ2v) is 3.73. The molecule has 0 aromatic rings. The Bertz CT molecular complexity index is 120. The maximum Gasteiger partial charge on any atom is 0.0908 e. The lowest BCUT2D eigenvalue weighted by Crippen LogP contribution is -1.82. The van der Waals surface area contributed by atoms with E-state index in [4.69, 9.17) is 4.74 Å². The zero-order valence-electron chi connectivity index (χ0n) is 5.53. The fraction of sp³-hybridized carbons (Fsp3) is 0.600. The van der Waals surface area contributed by atoms with Gasteiger partial charge in [-0.1, -0.05) is 0 Å². The third-order valence-electron chi connectivity index (χ3n) is 1.65. The molecule has 0 atom stereocenters. The first kappa shape index (κ1) is 6.10. The van der Waals surface area contributed by atoms with Crippen LogP contribution in [0.2, 0.25) is 6.04 Å². The van der Waals surface area contributed by atoms with Crippen LogP contribution in [-0.4, -0.2) is 27.1 Å². The van der Waals surface area contributed by atoms with Crippen LogP contribution in [0.25, 0.3) is 0 Å². The lowest BCUT2D eigenvalue weighted by atomic mass is 10.3. The average Bonchev–Trinajstić information content (AvgIpc) is 2.14. The molecule has 1 aliphatic rings. The third kappa shape index (κ3) is 1.03. The van der Waals surface area contributed by atoms with Crippen molar-refractivity contribution in [2.45, 2.75) is 12.5 Å². The molecule has 0 N–H and O–H groups in total. The molecule has 1 aliphatic heterocycles. The summed E-state index contributed by atoms with van der Waals surface area (Å²) in [5, 5.41) is 1.33. The van der Waals surface area contributed by atoms with Gasteiger partial charge in [-0.15, -0.1) is 0 Å². The number of hydrogen-bond donors (Lipinski definition) is 0. The zero-order valence-corrected chi connectivity index (χ0v) is 9.53. The molecule has 3 heteroatoms. The van der Waals surface area contributed by atoms with Gasteiger partial charge in [-0.25, -0.2) is 0 Å². The standard InChI is InChI=1S/C5H12OSi2/c7-3-4-1-2-6-5(4)8/h1-3H2,7-8H3. The first-order chi connectivity index (χ1) is 3.84. The van der Waals surface area contributed by atoms with E-state index in [-0.39, 0.29) is 0 Å². The van der Waals surface area contributed by atoms with E-state index in [0.29, 0.717) is 0 Å². The molecule has 0 radical (unpaired) electrons. The SMILES string of the molecule is [SiH3]CC1=C([SiH3])OCC1. The summed E-state index contributed by atoms with van der Waals surface area (Å²) in [5.41, 5.74) is 1.61. The van der Waals surface area contributed by atoms with Crippen LogP contribution in [0.3, 0.4) is 0 Å². The Morgan fingerprint density at radius 1 is 1.62 bits per heavy atom. The van der Waals surface area contributed by atoms with Gasteiger partial charge in [0, 0.05) is 16.7 Å². The van der Waals surface area contributed by atoms with Gasteiger partial charge in [0.05, 0.1) is 22.2 Å². The largest absolute Gasteiger partial charge is 0.504 e. The van der Waals surface area contributed by atoms with Gasteiger partial charge in [-0.05, 0) is 11.6 Å². The van der Waals surface area contributed by atoms with E-state index in [9.17, 15) is 0 Å². The molecule has 0 aliphatic carbocycles. The molecular formula is C5H12OSi2. The highest BCUT2D eigenvalue weighted by Crippen LogP contribution is 2.17. The summed E-state index contributed by atoms with van der Waals surface area (Å²) >= 11 is 0. The Morgan fingerprint density at radius 2 is 2.38 bits per heavy atom. The normalized spacial score (nSPS) is 20.0. The fourth-order valence-corrected chi connectivity index (χ4v) is 3.40. The summed E-state index contributed by atoms with van der Waals surface area (Å²) in [6, 6.07) is 1.33. The molecular weight excluding hydrogens is 132 g/mol. The molecule has 0 saturated carbocycles. The third-order valence-corrected chi connectivity index (χ3v) is 3.50. The molecule has 0 saturated heterocycles. The summed E-state index contributed by atoms with van der Waals surface area (Å²) in [7, 11) is 2.43. The van der Waals surface area contributed by atoms with E-state index in [1.807, 2.05) is 0 Å². The van der Waals surface area contributed by atoms with Crippen molar-refractivity contribution in [1.82, 2.24) is 0 Å². The first-order valence-electron chi connectivity index (χ1n) is 3.16. The van der Waals surface area contributed by atoms with Crippen LogP contribution < -0.4 is 0 Å². The summed E-state index contributed by atoms with van der Waals surface area (Å²) in [6.07, 6.45) is 1.22. The molecule has 1 heterocycles. The van der Waals surface area contributed by atoms with E-state index < -0.39 is 0 Å². The minimum absolute atomic E-state index is 0.969. The monoisotopic (exact) mass is 144 g/mol. The lowest BCUT2D eigenvalue weighted by molar-refractivity contribution is 0.268. The Hall–Kier alpha value is -0.0262. The molecule has 0 unspecified atom stereocenters. The van der Waals surface area contributed by atoms with Gasteiger partial charge in [0.15, 0.2) is 0 Å². The predicted molar refractivity (Wildman–Crippen MR) is 42.3 cm³/mol. The highest BCUT2D eigenvalue weighted by Gasteiger charge is 2.07. The highest BCUT2D eigenvalue weighted by atomic mass is 28.1. The molecule has 0 amide bonds. The number of hydrogen-bond acceptors (Lipinski definition) is 1. The van der Waals surface area contributed by atoms with Crippen molar-refractivity contribution in [3.8, 4) is 0 Å². The van der Waals surface area contributed by atoms with Gasteiger partial charge in [0.25, 0.3) is 0 Å². The Labute approximate surface area is 56.0 Å². The Morgan fingerprint density at radius 3 is 2.62 bits per heavy atom. The molecule has 0 bridgehead atoms. The van der Waals surface area contributed by atoms with E-state index >= 15 is 0 Å². The van der Waals surface area contributed by atoms with Crippen molar-refractivity contribution in [3.05, 3.63) is 11.0 Å². The summed E-state index contributed by atoms with van der Waals surface area (Å²) in [5.74, 6) is 0. The van der Waals surface area contributed by atoms with Crippen molar-refractivity contribution in [2.75, 3.05) is 6.61 Å². The van der Waals surface area contributed by atoms with Crippen molar-refractivity contribution in [3.63, 3.8) is 0 Å². The zero-order chi connectivity index (χ0) is 5.98. The fourth-order valence-electron chi connectivity index (χ4n) is 1.03. The molecule has 1 nitrogen and oxygen atoms in total. The number of ether oxygens (including phenoxy) is 1. The maximum atomic E-state index is 5.32. The maximum absolute atomic E-state index is 5.32. The summed E-state index contributed by atoms with van der Waals surface area (Å²) in [4.78, 5) is 0.